The number of nitriles is 1. The standard InChI is InChI=1S/C10H16N4O/c11-1-2-13-10(15)7-14-5-8-3-12-4-9(8)6-14/h8-9,12H,2-7H2,(H,13,15). The summed E-state index contributed by atoms with van der Waals surface area (Å²) in [5.74, 6) is 1.40. The summed E-state index contributed by atoms with van der Waals surface area (Å²) >= 11 is 0. The Morgan fingerprint density at radius 1 is 1.47 bits per heavy atom. The monoisotopic (exact) mass is 208 g/mol. The van der Waals surface area contributed by atoms with Gasteiger partial charge in [-0.1, -0.05) is 0 Å². The largest absolute Gasteiger partial charge is 0.342 e. The lowest BCUT2D eigenvalue weighted by molar-refractivity contribution is -0.121. The maximum absolute atomic E-state index is 11.4. The fraction of sp³-hybridized carbons (Fsp3) is 0.800. The van der Waals surface area contributed by atoms with Crippen LogP contribution in [0, 0.1) is 23.2 Å². The van der Waals surface area contributed by atoms with Gasteiger partial charge in [-0.05, 0) is 24.9 Å². The summed E-state index contributed by atoms with van der Waals surface area (Å²) < 4.78 is 0. The number of amides is 1. The minimum absolute atomic E-state index is 0.0375. The van der Waals surface area contributed by atoms with Gasteiger partial charge in [0.1, 0.15) is 6.54 Å². The highest BCUT2D eigenvalue weighted by molar-refractivity contribution is 5.78. The molecular weight excluding hydrogens is 192 g/mol. The summed E-state index contributed by atoms with van der Waals surface area (Å²) in [4.78, 5) is 13.5. The molecule has 82 valence electrons. The van der Waals surface area contributed by atoms with Crippen LogP contribution in [0.15, 0.2) is 0 Å². The van der Waals surface area contributed by atoms with Crippen molar-refractivity contribution >= 4 is 5.91 Å². The van der Waals surface area contributed by atoms with Gasteiger partial charge in [-0.3, -0.25) is 9.69 Å². The van der Waals surface area contributed by atoms with Gasteiger partial charge in [-0.25, -0.2) is 0 Å². The summed E-state index contributed by atoms with van der Waals surface area (Å²) in [5.41, 5.74) is 0. The third-order valence-corrected chi connectivity index (χ3v) is 3.20. The summed E-state index contributed by atoms with van der Waals surface area (Å²) in [6, 6.07) is 1.90. The number of fused-ring (bicyclic) bond motifs is 1. The number of rotatable bonds is 3. The molecule has 15 heavy (non-hydrogen) atoms. The van der Waals surface area contributed by atoms with Crippen LogP contribution in [0.5, 0.6) is 0 Å². The van der Waals surface area contributed by atoms with Crippen LogP contribution >= 0.6 is 0 Å². The molecule has 2 aliphatic heterocycles. The van der Waals surface area contributed by atoms with Crippen molar-refractivity contribution in [1.82, 2.24) is 15.5 Å². The molecule has 5 heteroatoms. The van der Waals surface area contributed by atoms with Crippen molar-refractivity contribution in [2.24, 2.45) is 11.8 Å². The third kappa shape index (κ3) is 2.46. The van der Waals surface area contributed by atoms with Crippen LogP contribution in [0.4, 0.5) is 0 Å². The Morgan fingerprint density at radius 3 is 2.73 bits per heavy atom. The summed E-state index contributed by atoms with van der Waals surface area (Å²) in [6.07, 6.45) is 0. The van der Waals surface area contributed by atoms with E-state index in [1.54, 1.807) is 0 Å². The fourth-order valence-electron chi connectivity index (χ4n) is 2.48. The molecule has 2 rings (SSSR count). The molecule has 0 aromatic rings. The summed E-state index contributed by atoms with van der Waals surface area (Å²) in [5, 5.41) is 14.3. The molecule has 0 bridgehead atoms. The van der Waals surface area contributed by atoms with Crippen LogP contribution in [0.1, 0.15) is 0 Å². The van der Waals surface area contributed by atoms with Crippen molar-refractivity contribution in [3.63, 3.8) is 0 Å². The van der Waals surface area contributed by atoms with E-state index < -0.39 is 0 Å². The van der Waals surface area contributed by atoms with E-state index in [-0.39, 0.29) is 12.5 Å². The highest BCUT2D eigenvalue weighted by Gasteiger charge is 2.36. The molecule has 0 aliphatic carbocycles. The highest BCUT2D eigenvalue weighted by atomic mass is 16.2. The smallest absolute Gasteiger partial charge is 0.235 e. The van der Waals surface area contributed by atoms with E-state index in [1.165, 1.54) is 0 Å². The number of nitrogens with zero attached hydrogens (tertiary/aromatic N) is 2. The molecule has 2 heterocycles. The maximum atomic E-state index is 11.4. The van der Waals surface area contributed by atoms with E-state index >= 15 is 0 Å². The van der Waals surface area contributed by atoms with Gasteiger partial charge < -0.3 is 10.6 Å². The SMILES string of the molecule is N#CCNC(=O)CN1CC2CNCC2C1. The van der Waals surface area contributed by atoms with E-state index in [2.05, 4.69) is 15.5 Å². The molecular formula is C10H16N4O. The lowest BCUT2D eigenvalue weighted by Crippen LogP contribution is -2.37. The Morgan fingerprint density at radius 2 is 2.13 bits per heavy atom. The highest BCUT2D eigenvalue weighted by Crippen LogP contribution is 2.25. The Balaban J connectivity index is 1.73. The quantitative estimate of drug-likeness (QED) is 0.570. The third-order valence-electron chi connectivity index (χ3n) is 3.20. The zero-order valence-electron chi connectivity index (χ0n) is 8.70. The summed E-state index contributed by atoms with van der Waals surface area (Å²) in [7, 11) is 0. The molecule has 0 spiro atoms. The first kappa shape index (κ1) is 10.4. The summed E-state index contributed by atoms with van der Waals surface area (Å²) in [6.45, 7) is 4.74. The number of carbonyl (C=O) groups excluding carboxylic acids is 1. The predicted octanol–water partition coefficient (Wildman–Crippen LogP) is -1.22. The topological polar surface area (TPSA) is 68.2 Å². The van der Waals surface area contributed by atoms with Crippen molar-refractivity contribution in [1.29, 1.82) is 5.26 Å². The number of hydrogen-bond acceptors (Lipinski definition) is 4. The molecule has 2 aliphatic rings. The van der Waals surface area contributed by atoms with E-state index in [9.17, 15) is 4.79 Å². The lowest BCUT2D eigenvalue weighted by Gasteiger charge is -2.15. The Bertz CT molecular complexity index is 274. The number of nitrogens with one attached hydrogen (secondary N) is 2. The molecule has 2 unspecified atom stereocenters. The molecule has 0 aromatic heterocycles. The number of carbonyl (C=O) groups is 1. The molecule has 5 nitrogen and oxygen atoms in total. The van der Waals surface area contributed by atoms with E-state index in [0.717, 1.165) is 26.2 Å². The average Bonchev–Trinajstić information content (AvgIpc) is 2.74. The molecule has 0 saturated carbocycles. The van der Waals surface area contributed by atoms with Crippen LogP contribution in [0.25, 0.3) is 0 Å². The molecule has 2 saturated heterocycles. The van der Waals surface area contributed by atoms with Gasteiger partial charge in [0, 0.05) is 13.1 Å². The minimum Gasteiger partial charge on any atom is -0.342 e. The van der Waals surface area contributed by atoms with Crippen LogP contribution in [-0.4, -0.2) is 50.1 Å². The van der Waals surface area contributed by atoms with Crippen LogP contribution in [0.2, 0.25) is 0 Å². The molecule has 2 fully saturated rings. The number of hydrogen-bond donors (Lipinski definition) is 2. The van der Waals surface area contributed by atoms with Crippen molar-refractivity contribution in [3.05, 3.63) is 0 Å². The second-order valence-electron chi connectivity index (χ2n) is 4.31. The molecule has 0 radical (unpaired) electrons. The lowest BCUT2D eigenvalue weighted by atomic mass is 10.0. The van der Waals surface area contributed by atoms with E-state index in [0.29, 0.717) is 18.4 Å². The van der Waals surface area contributed by atoms with E-state index in [1.807, 2.05) is 6.07 Å². The van der Waals surface area contributed by atoms with Gasteiger partial charge in [0.25, 0.3) is 0 Å². The molecule has 2 atom stereocenters. The predicted molar refractivity (Wildman–Crippen MR) is 54.9 cm³/mol. The van der Waals surface area contributed by atoms with Gasteiger partial charge >= 0.3 is 0 Å². The minimum atomic E-state index is -0.0375. The molecule has 1 amide bonds. The second-order valence-corrected chi connectivity index (χ2v) is 4.31. The van der Waals surface area contributed by atoms with Gasteiger partial charge in [0.15, 0.2) is 0 Å². The van der Waals surface area contributed by atoms with Gasteiger partial charge in [-0.15, -0.1) is 0 Å². The van der Waals surface area contributed by atoms with Gasteiger partial charge in [0.05, 0.1) is 12.6 Å². The van der Waals surface area contributed by atoms with Crippen molar-refractivity contribution in [2.45, 2.75) is 0 Å². The Labute approximate surface area is 89.4 Å². The zero-order valence-corrected chi connectivity index (χ0v) is 8.70. The normalized spacial score (nSPS) is 29.8. The van der Waals surface area contributed by atoms with Gasteiger partial charge in [0.2, 0.25) is 5.91 Å². The first-order chi connectivity index (χ1) is 7.29. The second kappa shape index (κ2) is 4.60. The Hall–Kier alpha value is -1.12. The van der Waals surface area contributed by atoms with E-state index in [4.69, 9.17) is 5.26 Å². The van der Waals surface area contributed by atoms with Gasteiger partial charge in [-0.2, -0.15) is 5.26 Å². The average molecular weight is 208 g/mol. The fourth-order valence-corrected chi connectivity index (χ4v) is 2.48. The first-order valence-corrected chi connectivity index (χ1v) is 5.36. The zero-order chi connectivity index (χ0) is 10.7. The van der Waals surface area contributed by atoms with Crippen LogP contribution in [0.3, 0.4) is 0 Å². The van der Waals surface area contributed by atoms with Crippen LogP contribution in [-0.2, 0) is 4.79 Å². The van der Waals surface area contributed by atoms with Crippen molar-refractivity contribution in [3.8, 4) is 6.07 Å². The molecule has 0 aromatic carbocycles. The Kier molecular flexibility index (Phi) is 3.19. The van der Waals surface area contributed by atoms with Crippen LogP contribution < -0.4 is 10.6 Å². The molecule has 2 N–H and O–H groups in total. The number of likely N-dealkylation sites (tertiary alicyclic amines) is 1. The van der Waals surface area contributed by atoms with Crippen molar-refractivity contribution in [2.75, 3.05) is 39.3 Å². The maximum Gasteiger partial charge on any atom is 0.235 e. The first-order valence-electron chi connectivity index (χ1n) is 5.36. The van der Waals surface area contributed by atoms with Crippen molar-refractivity contribution < 1.29 is 4.79 Å².